The Balaban J connectivity index is 1.96. The number of hydrogen-bond donors (Lipinski definition) is 2. The summed E-state index contributed by atoms with van der Waals surface area (Å²) in [4.78, 5) is 4.80. The smallest absolute Gasteiger partial charge is 0.191 e. The van der Waals surface area contributed by atoms with Crippen molar-refractivity contribution >= 4 is 21.9 Å². The van der Waals surface area contributed by atoms with Crippen molar-refractivity contribution in [3.8, 4) is 0 Å². The van der Waals surface area contributed by atoms with E-state index in [4.69, 9.17) is 9.73 Å². The first-order valence-electron chi connectivity index (χ1n) is 7.98. The number of nitrogens with zero attached hydrogens (tertiary/aromatic N) is 1. The van der Waals surface area contributed by atoms with Gasteiger partial charge in [0.1, 0.15) is 0 Å². The number of nitrogens with one attached hydrogen (secondary N) is 2. The van der Waals surface area contributed by atoms with Gasteiger partial charge >= 0.3 is 0 Å². The number of benzene rings is 1. The predicted molar refractivity (Wildman–Crippen MR) is 95.5 cm³/mol. The molecule has 0 spiro atoms. The zero-order valence-electron chi connectivity index (χ0n) is 13.5. The van der Waals surface area contributed by atoms with Crippen LogP contribution in [0, 0.1) is 0 Å². The highest BCUT2D eigenvalue weighted by atomic mass is 79.9. The molecule has 4 nitrogen and oxygen atoms in total. The van der Waals surface area contributed by atoms with E-state index in [0.717, 1.165) is 38.6 Å². The third kappa shape index (κ3) is 4.71. The molecule has 1 saturated carbocycles. The minimum Gasteiger partial charge on any atom is -0.385 e. The monoisotopic (exact) mass is 367 g/mol. The first-order chi connectivity index (χ1) is 10.7. The molecule has 2 rings (SSSR count). The molecule has 0 heterocycles. The highest BCUT2D eigenvalue weighted by Gasteiger charge is 2.45. The second-order valence-electron chi connectivity index (χ2n) is 5.73. The van der Waals surface area contributed by atoms with Gasteiger partial charge in [0.25, 0.3) is 0 Å². The summed E-state index contributed by atoms with van der Waals surface area (Å²) in [6, 6.07) is 8.51. The van der Waals surface area contributed by atoms with Gasteiger partial charge in [0.15, 0.2) is 5.96 Å². The largest absolute Gasteiger partial charge is 0.385 e. The topological polar surface area (TPSA) is 45.7 Å². The van der Waals surface area contributed by atoms with E-state index in [2.05, 4.69) is 57.8 Å². The number of guanidine groups is 1. The van der Waals surface area contributed by atoms with Gasteiger partial charge in [-0.15, -0.1) is 0 Å². The summed E-state index contributed by atoms with van der Waals surface area (Å²) in [5.41, 5.74) is 1.60. The molecule has 0 bridgehead atoms. The summed E-state index contributed by atoms with van der Waals surface area (Å²) in [5, 5.41) is 6.68. The summed E-state index contributed by atoms with van der Waals surface area (Å²) in [6.45, 7) is 5.44. The van der Waals surface area contributed by atoms with Gasteiger partial charge in [-0.3, -0.25) is 4.99 Å². The van der Waals surface area contributed by atoms with Crippen LogP contribution in [0.2, 0.25) is 0 Å². The molecule has 0 aromatic heterocycles. The molecule has 122 valence electrons. The Hall–Kier alpha value is -1.07. The van der Waals surface area contributed by atoms with Crippen molar-refractivity contribution in [3.05, 3.63) is 34.3 Å². The van der Waals surface area contributed by atoms with E-state index in [1.54, 1.807) is 7.11 Å². The fraction of sp³-hybridized carbons (Fsp3) is 0.588. The zero-order chi connectivity index (χ0) is 15.8. The minimum atomic E-state index is 0.217. The Kier molecular flexibility index (Phi) is 6.70. The van der Waals surface area contributed by atoms with E-state index >= 15 is 0 Å². The van der Waals surface area contributed by atoms with Crippen LogP contribution in [0.4, 0.5) is 0 Å². The van der Waals surface area contributed by atoms with Crippen LogP contribution < -0.4 is 10.6 Å². The lowest BCUT2D eigenvalue weighted by molar-refractivity contribution is 0.195. The van der Waals surface area contributed by atoms with E-state index in [1.165, 1.54) is 22.9 Å². The van der Waals surface area contributed by atoms with Crippen LogP contribution in [0.5, 0.6) is 0 Å². The summed E-state index contributed by atoms with van der Waals surface area (Å²) in [7, 11) is 1.73. The van der Waals surface area contributed by atoms with E-state index in [-0.39, 0.29) is 5.41 Å². The van der Waals surface area contributed by atoms with Gasteiger partial charge in [-0.25, -0.2) is 0 Å². The second kappa shape index (κ2) is 8.53. The van der Waals surface area contributed by atoms with Crippen LogP contribution >= 0.6 is 15.9 Å². The SMILES string of the molecule is CCNC(=NCC1(c2ccccc2Br)CC1)NCCCOC. The number of halogens is 1. The summed E-state index contributed by atoms with van der Waals surface area (Å²) in [6.07, 6.45) is 3.40. The van der Waals surface area contributed by atoms with E-state index < -0.39 is 0 Å². The molecule has 0 radical (unpaired) electrons. The third-order valence-corrected chi connectivity index (χ3v) is 4.69. The quantitative estimate of drug-likeness (QED) is 0.421. The van der Waals surface area contributed by atoms with Gasteiger partial charge in [-0.05, 0) is 37.8 Å². The van der Waals surface area contributed by atoms with Gasteiger partial charge in [0.2, 0.25) is 0 Å². The molecule has 2 N–H and O–H groups in total. The van der Waals surface area contributed by atoms with Crippen molar-refractivity contribution in [1.29, 1.82) is 0 Å². The highest BCUT2D eigenvalue weighted by Crippen LogP contribution is 2.50. The number of aliphatic imine (C=N–C) groups is 1. The number of methoxy groups -OCH3 is 1. The lowest BCUT2D eigenvalue weighted by atomic mass is 9.96. The third-order valence-electron chi connectivity index (χ3n) is 4.00. The molecule has 1 aromatic rings. The van der Waals surface area contributed by atoms with Crippen LogP contribution in [-0.2, 0) is 10.2 Å². The Bertz CT molecular complexity index is 500. The Labute approximate surface area is 141 Å². The molecule has 5 heteroatoms. The van der Waals surface area contributed by atoms with E-state index in [0.29, 0.717) is 0 Å². The van der Waals surface area contributed by atoms with Crippen LogP contribution in [0.1, 0.15) is 31.7 Å². The van der Waals surface area contributed by atoms with Crippen molar-refractivity contribution in [2.75, 3.05) is 33.4 Å². The van der Waals surface area contributed by atoms with Gasteiger partial charge in [0.05, 0.1) is 6.54 Å². The molecule has 1 fully saturated rings. The Morgan fingerprint density at radius 3 is 2.73 bits per heavy atom. The van der Waals surface area contributed by atoms with E-state index in [9.17, 15) is 0 Å². The summed E-state index contributed by atoms with van der Waals surface area (Å²) >= 11 is 3.68. The molecule has 22 heavy (non-hydrogen) atoms. The normalized spacial score (nSPS) is 16.4. The van der Waals surface area contributed by atoms with Crippen molar-refractivity contribution in [2.45, 2.75) is 31.6 Å². The predicted octanol–water partition coefficient (Wildman–Crippen LogP) is 3.07. The highest BCUT2D eigenvalue weighted by molar-refractivity contribution is 9.10. The van der Waals surface area contributed by atoms with Gasteiger partial charge < -0.3 is 15.4 Å². The molecule has 1 aliphatic carbocycles. The van der Waals surface area contributed by atoms with Crippen molar-refractivity contribution < 1.29 is 4.74 Å². The number of ether oxygens (including phenoxy) is 1. The summed E-state index contributed by atoms with van der Waals surface area (Å²) < 4.78 is 6.27. The zero-order valence-corrected chi connectivity index (χ0v) is 15.1. The van der Waals surface area contributed by atoms with Crippen LogP contribution in [-0.4, -0.2) is 39.3 Å². The van der Waals surface area contributed by atoms with Gasteiger partial charge in [-0.1, -0.05) is 34.1 Å². The van der Waals surface area contributed by atoms with E-state index in [1.807, 2.05) is 0 Å². The van der Waals surface area contributed by atoms with Crippen LogP contribution in [0.15, 0.2) is 33.7 Å². The molecule has 0 saturated heterocycles. The van der Waals surface area contributed by atoms with Gasteiger partial charge in [-0.2, -0.15) is 0 Å². The number of rotatable bonds is 8. The molecule has 0 amide bonds. The number of hydrogen-bond acceptors (Lipinski definition) is 2. The van der Waals surface area contributed by atoms with Crippen molar-refractivity contribution in [3.63, 3.8) is 0 Å². The average Bonchev–Trinajstić information content (AvgIpc) is 3.30. The fourth-order valence-corrected chi connectivity index (χ4v) is 3.26. The second-order valence-corrected chi connectivity index (χ2v) is 6.58. The maximum Gasteiger partial charge on any atom is 0.191 e. The molecule has 0 unspecified atom stereocenters. The van der Waals surface area contributed by atoms with Crippen LogP contribution in [0.3, 0.4) is 0 Å². The maximum absolute atomic E-state index is 5.07. The van der Waals surface area contributed by atoms with Crippen LogP contribution in [0.25, 0.3) is 0 Å². The van der Waals surface area contributed by atoms with Crippen molar-refractivity contribution in [2.24, 2.45) is 4.99 Å². The summed E-state index contributed by atoms with van der Waals surface area (Å²) in [5.74, 6) is 0.900. The first kappa shape index (κ1) is 17.3. The molecular formula is C17H26BrN3O. The minimum absolute atomic E-state index is 0.217. The average molecular weight is 368 g/mol. The molecule has 1 aromatic carbocycles. The molecule has 1 aliphatic rings. The Morgan fingerprint density at radius 2 is 2.09 bits per heavy atom. The maximum atomic E-state index is 5.07. The molecule has 0 atom stereocenters. The Morgan fingerprint density at radius 1 is 1.32 bits per heavy atom. The standard InChI is InChI=1S/C17H26BrN3O/c1-3-19-16(20-11-6-12-22-2)21-13-17(9-10-17)14-7-4-5-8-15(14)18/h4-5,7-8H,3,6,9-13H2,1-2H3,(H2,19,20,21). The first-order valence-corrected chi connectivity index (χ1v) is 8.77. The fourth-order valence-electron chi connectivity index (χ4n) is 2.55. The lowest BCUT2D eigenvalue weighted by Gasteiger charge is -2.17. The molecule has 0 aliphatic heterocycles. The lowest BCUT2D eigenvalue weighted by Crippen LogP contribution is -2.38. The van der Waals surface area contributed by atoms with Gasteiger partial charge in [0, 0.05) is 36.7 Å². The molecular weight excluding hydrogens is 342 g/mol. The van der Waals surface area contributed by atoms with Crippen molar-refractivity contribution in [1.82, 2.24) is 10.6 Å².